The highest BCUT2D eigenvalue weighted by molar-refractivity contribution is 6.35. The summed E-state index contributed by atoms with van der Waals surface area (Å²) in [6.45, 7) is 5.85. The van der Waals surface area contributed by atoms with Crippen molar-refractivity contribution in [1.82, 2.24) is 5.32 Å². The van der Waals surface area contributed by atoms with E-state index in [-0.39, 0.29) is 11.5 Å². The lowest BCUT2D eigenvalue weighted by Gasteiger charge is -2.26. The number of fused-ring (bicyclic) bond motifs is 2. The van der Waals surface area contributed by atoms with Crippen LogP contribution in [0.1, 0.15) is 92.1 Å². The van der Waals surface area contributed by atoms with Crippen molar-refractivity contribution < 1.29 is 19.2 Å². The van der Waals surface area contributed by atoms with Gasteiger partial charge in [-0.2, -0.15) is 0 Å². The third kappa shape index (κ3) is 2.78. The number of rotatable bonds is 5. The molecule has 2 aliphatic rings. The van der Waals surface area contributed by atoms with Crippen LogP contribution in [0, 0.1) is 0 Å². The van der Waals surface area contributed by atoms with E-state index >= 15 is 0 Å². The second-order valence-corrected chi connectivity index (χ2v) is 7.75. The van der Waals surface area contributed by atoms with Crippen molar-refractivity contribution in [2.75, 3.05) is 4.90 Å². The Morgan fingerprint density at radius 3 is 2.10 bits per heavy atom. The number of carbonyl (C=O) groups excluding carboxylic acids is 4. The Labute approximate surface area is 168 Å². The van der Waals surface area contributed by atoms with E-state index in [0.717, 1.165) is 18.4 Å². The SMILES string of the molecule is CCCCc1cc2c(c(C(C)C)c1N1C(=O)c3ccccc3C1=O)C(=O)NC2=O. The van der Waals surface area contributed by atoms with Crippen molar-refractivity contribution in [3.63, 3.8) is 0 Å². The Bertz CT molecular complexity index is 1050. The molecule has 0 spiro atoms. The summed E-state index contributed by atoms with van der Waals surface area (Å²) in [6.07, 6.45) is 2.36. The molecule has 0 unspecified atom stereocenters. The molecule has 0 aromatic heterocycles. The minimum atomic E-state index is -0.478. The number of anilines is 1. The molecule has 4 rings (SSSR count). The highest BCUT2D eigenvalue weighted by atomic mass is 16.2. The average Bonchev–Trinajstić information content (AvgIpc) is 3.12. The molecule has 1 N–H and O–H groups in total. The van der Waals surface area contributed by atoms with E-state index in [1.54, 1.807) is 30.3 Å². The molecule has 29 heavy (non-hydrogen) atoms. The molecule has 0 radical (unpaired) electrons. The van der Waals surface area contributed by atoms with Crippen molar-refractivity contribution in [2.45, 2.75) is 46.0 Å². The van der Waals surface area contributed by atoms with Crippen LogP contribution in [-0.2, 0) is 6.42 Å². The van der Waals surface area contributed by atoms with Gasteiger partial charge in [-0.3, -0.25) is 24.5 Å². The van der Waals surface area contributed by atoms with Gasteiger partial charge in [-0.15, -0.1) is 0 Å². The van der Waals surface area contributed by atoms with Gasteiger partial charge in [0.1, 0.15) is 0 Å². The predicted octanol–water partition coefficient (Wildman–Crippen LogP) is 3.84. The number of hydrogen-bond acceptors (Lipinski definition) is 4. The van der Waals surface area contributed by atoms with E-state index < -0.39 is 23.6 Å². The molecule has 2 heterocycles. The summed E-state index contributed by atoms with van der Waals surface area (Å²) in [5.41, 5.74) is 3.09. The number of imide groups is 2. The lowest BCUT2D eigenvalue weighted by molar-refractivity contribution is 0.0873. The van der Waals surface area contributed by atoms with Gasteiger partial charge in [-0.05, 0) is 48.1 Å². The van der Waals surface area contributed by atoms with Crippen molar-refractivity contribution >= 4 is 29.3 Å². The first kappa shape index (κ1) is 19.1. The number of nitrogens with one attached hydrogen (secondary N) is 1. The minimum Gasteiger partial charge on any atom is -0.288 e. The fraction of sp³-hybridized carbons (Fsp3) is 0.304. The molecular weight excluding hydrogens is 368 g/mol. The third-order valence-electron chi connectivity index (χ3n) is 5.51. The first-order valence-corrected chi connectivity index (χ1v) is 9.90. The predicted molar refractivity (Wildman–Crippen MR) is 109 cm³/mol. The zero-order valence-corrected chi connectivity index (χ0v) is 16.7. The molecule has 2 aromatic carbocycles. The summed E-state index contributed by atoms with van der Waals surface area (Å²) in [6, 6.07) is 8.41. The van der Waals surface area contributed by atoms with Gasteiger partial charge in [0.2, 0.25) is 0 Å². The van der Waals surface area contributed by atoms with Gasteiger partial charge in [-0.25, -0.2) is 4.90 Å². The van der Waals surface area contributed by atoms with E-state index in [4.69, 9.17) is 0 Å². The Hall–Kier alpha value is -3.28. The van der Waals surface area contributed by atoms with Gasteiger partial charge in [0.05, 0.1) is 27.9 Å². The smallest absolute Gasteiger partial charge is 0.266 e. The molecule has 2 aliphatic heterocycles. The molecule has 0 saturated heterocycles. The van der Waals surface area contributed by atoms with E-state index in [1.165, 1.54) is 4.90 Å². The summed E-state index contributed by atoms with van der Waals surface area (Å²) >= 11 is 0. The number of amides is 4. The Morgan fingerprint density at radius 1 is 0.931 bits per heavy atom. The van der Waals surface area contributed by atoms with Crippen molar-refractivity contribution in [3.05, 3.63) is 63.7 Å². The van der Waals surface area contributed by atoms with Crippen LogP contribution in [0.25, 0.3) is 0 Å². The van der Waals surface area contributed by atoms with Gasteiger partial charge in [0.25, 0.3) is 23.6 Å². The largest absolute Gasteiger partial charge is 0.288 e. The molecule has 148 valence electrons. The summed E-state index contributed by atoms with van der Waals surface area (Å²) in [5.74, 6) is -1.86. The molecule has 4 amide bonds. The Balaban J connectivity index is 2.01. The lowest BCUT2D eigenvalue weighted by atomic mass is 9.87. The van der Waals surface area contributed by atoms with Gasteiger partial charge in [0.15, 0.2) is 0 Å². The highest BCUT2D eigenvalue weighted by Gasteiger charge is 2.42. The maximum atomic E-state index is 13.2. The second kappa shape index (κ2) is 6.95. The van der Waals surface area contributed by atoms with Crippen LogP contribution >= 0.6 is 0 Å². The number of carbonyl (C=O) groups is 4. The summed E-state index contributed by atoms with van der Waals surface area (Å²) < 4.78 is 0. The molecule has 0 saturated carbocycles. The molecular formula is C23H22N2O4. The van der Waals surface area contributed by atoms with Crippen LogP contribution in [0.5, 0.6) is 0 Å². The fourth-order valence-corrected chi connectivity index (χ4v) is 4.18. The van der Waals surface area contributed by atoms with Crippen LogP contribution in [0.4, 0.5) is 5.69 Å². The molecule has 6 heteroatoms. The second-order valence-electron chi connectivity index (χ2n) is 7.75. The van der Waals surface area contributed by atoms with Crippen LogP contribution in [0.15, 0.2) is 30.3 Å². The summed E-state index contributed by atoms with van der Waals surface area (Å²) in [5, 5.41) is 2.35. The van der Waals surface area contributed by atoms with Gasteiger partial charge >= 0.3 is 0 Å². The highest BCUT2D eigenvalue weighted by Crippen LogP contribution is 2.41. The Morgan fingerprint density at radius 2 is 1.55 bits per heavy atom. The lowest BCUT2D eigenvalue weighted by Crippen LogP contribution is -2.32. The zero-order chi connectivity index (χ0) is 20.9. The summed E-state index contributed by atoms with van der Waals surface area (Å²) in [7, 11) is 0. The number of hydrogen-bond donors (Lipinski definition) is 1. The molecule has 2 aromatic rings. The molecule has 0 atom stereocenters. The van der Waals surface area contributed by atoms with Crippen LogP contribution in [-0.4, -0.2) is 23.6 Å². The topological polar surface area (TPSA) is 83.6 Å². The fourth-order valence-electron chi connectivity index (χ4n) is 4.18. The molecule has 0 bridgehead atoms. The van der Waals surface area contributed by atoms with Crippen LogP contribution < -0.4 is 10.2 Å². The Kier molecular flexibility index (Phi) is 4.57. The number of benzene rings is 2. The number of aryl methyl sites for hydroxylation is 1. The van der Waals surface area contributed by atoms with Crippen molar-refractivity contribution in [2.24, 2.45) is 0 Å². The van der Waals surface area contributed by atoms with E-state index in [2.05, 4.69) is 12.2 Å². The third-order valence-corrected chi connectivity index (χ3v) is 5.51. The van der Waals surface area contributed by atoms with Crippen molar-refractivity contribution in [1.29, 1.82) is 0 Å². The first-order chi connectivity index (χ1) is 13.9. The quantitative estimate of drug-likeness (QED) is 0.787. The normalized spacial score (nSPS) is 15.2. The molecule has 6 nitrogen and oxygen atoms in total. The maximum absolute atomic E-state index is 13.2. The molecule has 0 fully saturated rings. The molecule has 0 aliphatic carbocycles. The zero-order valence-electron chi connectivity index (χ0n) is 16.7. The van der Waals surface area contributed by atoms with Crippen molar-refractivity contribution in [3.8, 4) is 0 Å². The first-order valence-electron chi connectivity index (χ1n) is 9.90. The number of unbranched alkanes of at least 4 members (excludes halogenated alkanes) is 1. The standard InChI is InChI=1S/C23H22N2O4/c1-4-5-8-13-11-16-18(21(27)24-20(16)26)17(12(2)3)19(13)25-22(28)14-9-6-7-10-15(14)23(25)29/h6-7,9-12H,4-5,8H2,1-3H3,(H,24,26,27). The van der Waals surface area contributed by atoms with Gasteiger partial charge in [0, 0.05) is 0 Å². The van der Waals surface area contributed by atoms with E-state index in [9.17, 15) is 19.2 Å². The minimum absolute atomic E-state index is 0.165. The summed E-state index contributed by atoms with van der Waals surface area (Å²) in [4.78, 5) is 52.5. The van der Waals surface area contributed by atoms with Gasteiger partial charge < -0.3 is 0 Å². The maximum Gasteiger partial charge on any atom is 0.266 e. The van der Waals surface area contributed by atoms with E-state index in [1.807, 2.05) is 13.8 Å². The number of nitrogens with zero attached hydrogens (tertiary/aromatic N) is 1. The van der Waals surface area contributed by atoms with Gasteiger partial charge in [-0.1, -0.05) is 39.3 Å². The van der Waals surface area contributed by atoms with E-state index in [0.29, 0.717) is 34.4 Å². The van der Waals surface area contributed by atoms with Crippen LogP contribution in [0.2, 0.25) is 0 Å². The monoisotopic (exact) mass is 390 g/mol. The van der Waals surface area contributed by atoms with Crippen LogP contribution in [0.3, 0.4) is 0 Å². The average molecular weight is 390 g/mol.